The van der Waals surface area contributed by atoms with Crippen LogP contribution in [0.3, 0.4) is 0 Å². The van der Waals surface area contributed by atoms with Gasteiger partial charge in [-0.1, -0.05) is 37.3 Å². The van der Waals surface area contributed by atoms with E-state index in [1.54, 1.807) is 11.8 Å². The maximum atomic E-state index is 11.0. The van der Waals surface area contributed by atoms with Gasteiger partial charge in [-0.25, -0.2) is 0 Å². The van der Waals surface area contributed by atoms with Gasteiger partial charge in [0, 0.05) is 17.9 Å². The minimum Gasteiger partial charge on any atom is -0.465 e. The molecule has 0 aliphatic rings. The second-order valence-electron chi connectivity index (χ2n) is 3.51. The Hall–Kier alpha value is -0.960. The molecule has 16 heavy (non-hydrogen) atoms. The summed E-state index contributed by atoms with van der Waals surface area (Å²) in [4.78, 5) is 11.0. The fourth-order valence-corrected chi connectivity index (χ4v) is 2.03. The molecule has 88 valence electrons. The fourth-order valence-electron chi connectivity index (χ4n) is 1.25. The molecule has 0 saturated carbocycles. The van der Waals surface area contributed by atoms with E-state index in [9.17, 15) is 4.79 Å². The summed E-state index contributed by atoms with van der Waals surface area (Å²) < 4.78 is 5.06. The number of carbonyl (C=O) groups is 1. The Morgan fingerprint density at radius 2 is 2.06 bits per heavy atom. The quantitative estimate of drug-likeness (QED) is 0.539. The van der Waals surface area contributed by atoms with Gasteiger partial charge in [0.05, 0.1) is 0 Å². The molecule has 0 atom stereocenters. The number of hydrogen-bond acceptors (Lipinski definition) is 3. The molecule has 1 rings (SSSR count). The Morgan fingerprint density at radius 1 is 1.31 bits per heavy atom. The summed E-state index contributed by atoms with van der Waals surface area (Å²) in [6.45, 7) is 2.50. The maximum absolute atomic E-state index is 11.0. The van der Waals surface area contributed by atoms with Crippen molar-refractivity contribution in [2.45, 2.75) is 25.5 Å². The molecule has 0 saturated heterocycles. The van der Waals surface area contributed by atoms with Gasteiger partial charge in [-0.05, 0) is 12.0 Å². The zero-order chi connectivity index (χ0) is 11.6. The van der Waals surface area contributed by atoms with Crippen molar-refractivity contribution in [1.29, 1.82) is 0 Å². The molecular weight excluding hydrogens is 220 g/mol. The van der Waals surface area contributed by atoms with Crippen LogP contribution in [-0.4, -0.2) is 18.3 Å². The summed E-state index contributed by atoms with van der Waals surface area (Å²) in [5.41, 5.74) is 1.31. The third kappa shape index (κ3) is 5.81. The minimum atomic E-state index is -0.0807. The molecule has 0 radical (unpaired) electrons. The summed E-state index contributed by atoms with van der Waals surface area (Å²) in [7, 11) is 0. The van der Waals surface area contributed by atoms with Crippen LogP contribution in [0.5, 0.6) is 0 Å². The lowest BCUT2D eigenvalue weighted by Gasteiger charge is -2.04. The van der Waals surface area contributed by atoms with E-state index in [1.807, 2.05) is 25.1 Å². The summed E-state index contributed by atoms with van der Waals surface area (Å²) in [6.07, 6.45) is 1.39. The first-order valence-electron chi connectivity index (χ1n) is 5.60. The number of benzene rings is 1. The molecular formula is C13H18O2S. The van der Waals surface area contributed by atoms with Crippen molar-refractivity contribution >= 4 is 17.7 Å². The van der Waals surface area contributed by atoms with Crippen molar-refractivity contribution in [1.82, 2.24) is 0 Å². The van der Waals surface area contributed by atoms with Crippen molar-refractivity contribution in [2.24, 2.45) is 0 Å². The van der Waals surface area contributed by atoms with E-state index in [0.717, 1.165) is 17.9 Å². The largest absolute Gasteiger partial charge is 0.465 e. The van der Waals surface area contributed by atoms with Crippen molar-refractivity contribution < 1.29 is 9.53 Å². The Kier molecular flexibility index (Phi) is 6.74. The number of rotatable bonds is 7. The first-order valence-corrected chi connectivity index (χ1v) is 6.75. The lowest BCUT2D eigenvalue weighted by atomic mass is 10.2. The van der Waals surface area contributed by atoms with Crippen molar-refractivity contribution in [3.63, 3.8) is 0 Å². The number of ether oxygens (including phenoxy) is 1. The third-order valence-electron chi connectivity index (χ3n) is 2.06. The van der Waals surface area contributed by atoms with Gasteiger partial charge >= 0.3 is 5.97 Å². The SMILES string of the molecule is CCCC(=O)OCCSCc1ccccc1. The Balaban J connectivity index is 2.02. The van der Waals surface area contributed by atoms with Gasteiger partial charge in [0.15, 0.2) is 0 Å². The van der Waals surface area contributed by atoms with Crippen LogP contribution in [0.15, 0.2) is 30.3 Å². The first kappa shape index (κ1) is 13.1. The summed E-state index contributed by atoms with van der Waals surface area (Å²) >= 11 is 1.79. The molecule has 0 fully saturated rings. The fraction of sp³-hybridized carbons (Fsp3) is 0.462. The van der Waals surface area contributed by atoms with Crippen molar-refractivity contribution in [3.8, 4) is 0 Å². The lowest BCUT2D eigenvalue weighted by Crippen LogP contribution is -2.06. The molecule has 0 aliphatic carbocycles. The summed E-state index contributed by atoms with van der Waals surface area (Å²) in [5.74, 6) is 1.76. The molecule has 3 heteroatoms. The zero-order valence-corrected chi connectivity index (χ0v) is 10.5. The average Bonchev–Trinajstić information content (AvgIpc) is 2.30. The van der Waals surface area contributed by atoms with E-state index in [-0.39, 0.29) is 5.97 Å². The molecule has 0 N–H and O–H groups in total. The van der Waals surface area contributed by atoms with Gasteiger partial charge in [0.25, 0.3) is 0 Å². The molecule has 2 nitrogen and oxygen atoms in total. The third-order valence-corrected chi connectivity index (χ3v) is 3.05. The highest BCUT2D eigenvalue weighted by molar-refractivity contribution is 7.98. The maximum Gasteiger partial charge on any atom is 0.305 e. The number of hydrogen-bond donors (Lipinski definition) is 0. The van der Waals surface area contributed by atoms with Gasteiger partial charge in [-0.15, -0.1) is 0 Å². The minimum absolute atomic E-state index is 0.0807. The van der Waals surface area contributed by atoms with Crippen LogP contribution in [-0.2, 0) is 15.3 Å². The molecule has 0 bridgehead atoms. The Morgan fingerprint density at radius 3 is 2.75 bits per heavy atom. The standard InChI is InChI=1S/C13H18O2S/c1-2-6-13(14)15-9-10-16-11-12-7-4-3-5-8-12/h3-5,7-8H,2,6,9-11H2,1H3. The Bertz CT molecular complexity index is 298. The lowest BCUT2D eigenvalue weighted by molar-refractivity contribution is -0.142. The van der Waals surface area contributed by atoms with Crippen molar-refractivity contribution in [2.75, 3.05) is 12.4 Å². The normalized spacial score (nSPS) is 10.1. The molecule has 0 spiro atoms. The van der Waals surface area contributed by atoms with Gasteiger partial charge in [-0.2, -0.15) is 11.8 Å². The van der Waals surface area contributed by atoms with Gasteiger partial charge in [0.2, 0.25) is 0 Å². The van der Waals surface area contributed by atoms with Crippen LogP contribution >= 0.6 is 11.8 Å². The van der Waals surface area contributed by atoms with E-state index in [0.29, 0.717) is 13.0 Å². The molecule has 1 aromatic rings. The summed E-state index contributed by atoms with van der Waals surface area (Å²) in [6, 6.07) is 10.3. The average molecular weight is 238 g/mol. The van der Waals surface area contributed by atoms with E-state index in [2.05, 4.69) is 12.1 Å². The highest BCUT2D eigenvalue weighted by atomic mass is 32.2. The molecule has 1 aromatic carbocycles. The van der Waals surface area contributed by atoms with Crippen LogP contribution in [0, 0.1) is 0 Å². The number of thioether (sulfide) groups is 1. The highest BCUT2D eigenvalue weighted by Crippen LogP contribution is 2.11. The first-order chi connectivity index (χ1) is 7.83. The monoisotopic (exact) mass is 238 g/mol. The van der Waals surface area contributed by atoms with Gasteiger partial charge in [-0.3, -0.25) is 4.79 Å². The van der Waals surface area contributed by atoms with Crippen LogP contribution < -0.4 is 0 Å². The van der Waals surface area contributed by atoms with Crippen LogP contribution in [0.2, 0.25) is 0 Å². The molecule has 0 heterocycles. The predicted octanol–water partition coefficient (Wildman–Crippen LogP) is 3.26. The van der Waals surface area contributed by atoms with E-state index < -0.39 is 0 Å². The topological polar surface area (TPSA) is 26.3 Å². The van der Waals surface area contributed by atoms with Gasteiger partial charge < -0.3 is 4.74 Å². The predicted molar refractivity (Wildman–Crippen MR) is 68.5 cm³/mol. The second kappa shape index (κ2) is 8.22. The molecule has 0 aromatic heterocycles. The van der Waals surface area contributed by atoms with Crippen LogP contribution in [0.1, 0.15) is 25.3 Å². The molecule has 0 amide bonds. The number of carbonyl (C=O) groups excluding carboxylic acids is 1. The Labute approximate surface area is 101 Å². The highest BCUT2D eigenvalue weighted by Gasteiger charge is 1.99. The molecule has 0 aliphatic heterocycles. The van der Waals surface area contributed by atoms with Crippen LogP contribution in [0.4, 0.5) is 0 Å². The van der Waals surface area contributed by atoms with E-state index in [1.165, 1.54) is 5.56 Å². The zero-order valence-electron chi connectivity index (χ0n) is 9.65. The smallest absolute Gasteiger partial charge is 0.305 e. The summed E-state index contributed by atoms with van der Waals surface area (Å²) in [5, 5.41) is 0. The number of esters is 1. The van der Waals surface area contributed by atoms with Crippen LogP contribution in [0.25, 0.3) is 0 Å². The van der Waals surface area contributed by atoms with E-state index >= 15 is 0 Å². The van der Waals surface area contributed by atoms with E-state index in [4.69, 9.17) is 4.74 Å². The van der Waals surface area contributed by atoms with Crippen molar-refractivity contribution in [3.05, 3.63) is 35.9 Å². The second-order valence-corrected chi connectivity index (χ2v) is 4.61. The molecule has 0 unspecified atom stereocenters. The van der Waals surface area contributed by atoms with Gasteiger partial charge in [0.1, 0.15) is 6.61 Å².